The molecule has 0 saturated carbocycles. The van der Waals surface area contributed by atoms with Crippen LogP contribution in [0, 0.1) is 5.41 Å². The first kappa shape index (κ1) is 10.9. The zero-order chi connectivity index (χ0) is 10.6. The lowest BCUT2D eigenvalue weighted by Gasteiger charge is -1.96. The van der Waals surface area contributed by atoms with Crippen LogP contribution in [0.1, 0.15) is 5.56 Å². The number of nitrogens with zero attached hydrogens (tertiary/aromatic N) is 2. The summed E-state index contributed by atoms with van der Waals surface area (Å²) in [5.41, 5.74) is 5.77. The lowest BCUT2D eigenvalue weighted by atomic mass is 10.3. The summed E-state index contributed by atoms with van der Waals surface area (Å²) >= 11 is 11.4. The molecule has 0 saturated heterocycles. The van der Waals surface area contributed by atoms with Crippen LogP contribution in [-0.2, 0) is 0 Å². The van der Waals surface area contributed by atoms with Gasteiger partial charge >= 0.3 is 0 Å². The number of hydrogen-bond acceptors (Lipinski definition) is 3. The van der Waals surface area contributed by atoms with Gasteiger partial charge in [-0.2, -0.15) is 0 Å². The van der Waals surface area contributed by atoms with Crippen LogP contribution in [0.5, 0.6) is 0 Å². The Hall–Kier alpha value is -1.13. The molecule has 0 atom stereocenters. The average Bonchev–Trinajstić information content (AvgIpc) is 2.08. The quantitative estimate of drug-likeness (QED) is 0.472. The van der Waals surface area contributed by atoms with Crippen molar-refractivity contribution in [1.82, 2.24) is 4.98 Å². The second kappa shape index (κ2) is 4.93. The molecule has 3 N–H and O–H groups in total. The van der Waals surface area contributed by atoms with Crippen LogP contribution < -0.4 is 5.73 Å². The van der Waals surface area contributed by atoms with Crippen molar-refractivity contribution in [1.29, 1.82) is 5.41 Å². The summed E-state index contributed by atoms with van der Waals surface area (Å²) in [5.74, 6) is -0.000653. The molecule has 0 aliphatic heterocycles. The number of nitrogens with two attached hydrogens (primary N) is 1. The first-order valence-corrected chi connectivity index (χ1v) is 4.50. The highest BCUT2D eigenvalue weighted by atomic mass is 35.5. The SMILES string of the molecule is N=C(N)CN=Cc1ccc(Cl)nc1Cl. The highest BCUT2D eigenvalue weighted by Gasteiger charge is 1.99. The van der Waals surface area contributed by atoms with Gasteiger partial charge < -0.3 is 5.73 Å². The highest BCUT2D eigenvalue weighted by Crippen LogP contribution is 2.14. The van der Waals surface area contributed by atoms with Crippen LogP contribution in [0.2, 0.25) is 10.3 Å². The summed E-state index contributed by atoms with van der Waals surface area (Å²) in [5, 5.41) is 7.56. The van der Waals surface area contributed by atoms with E-state index in [9.17, 15) is 0 Å². The zero-order valence-electron chi connectivity index (χ0n) is 7.17. The Balaban J connectivity index is 2.76. The van der Waals surface area contributed by atoms with Gasteiger partial charge in [0, 0.05) is 11.8 Å². The lowest BCUT2D eigenvalue weighted by molar-refractivity contribution is 1.23. The predicted octanol–water partition coefficient (Wildman–Crippen LogP) is 1.74. The summed E-state index contributed by atoms with van der Waals surface area (Å²) < 4.78 is 0. The van der Waals surface area contributed by atoms with Gasteiger partial charge in [-0.3, -0.25) is 10.4 Å². The van der Waals surface area contributed by atoms with E-state index < -0.39 is 0 Å². The Morgan fingerprint density at radius 2 is 2.29 bits per heavy atom. The van der Waals surface area contributed by atoms with Crippen LogP contribution in [0.15, 0.2) is 17.1 Å². The van der Waals surface area contributed by atoms with Crippen molar-refractivity contribution in [2.45, 2.75) is 0 Å². The molecule has 0 aliphatic rings. The smallest absolute Gasteiger partial charge is 0.139 e. The van der Waals surface area contributed by atoms with Crippen LogP contribution in [0.4, 0.5) is 0 Å². The molecule has 1 heterocycles. The largest absolute Gasteiger partial charge is 0.386 e. The Kier molecular flexibility index (Phi) is 3.85. The molecule has 1 rings (SSSR count). The van der Waals surface area contributed by atoms with Crippen LogP contribution in [0.25, 0.3) is 0 Å². The first-order chi connectivity index (χ1) is 6.59. The monoisotopic (exact) mass is 230 g/mol. The first-order valence-electron chi connectivity index (χ1n) is 3.74. The molecule has 0 aromatic carbocycles. The molecule has 4 nitrogen and oxygen atoms in total. The van der Waals surface area contributed by atoms with E-state index in [2.05, 4.69) is 9.98 Å². The van der Waals surface area contributed by atoms with E-state index in [0.29, 0.717) is 10.7 Å². The maximum atomic E-state index is 6.94. The topological polar surface area (TPSA) is 75.1 Å². The Morgan fingerprint density at radius 1 is 1.57 bits per heavy atom. The van der Waals surface area contributed by atoms with Crippen LogP contribution >= 0.6 is 23.2 Å². The molecule has 0 radical (unpaired) electrons. The fourth-order valence-electron chi connectivity index (χ4n) is 0.762. The number of aromatic nitrogens is 1. The number of nitrogens with one attached hydrogen (secondary N) is 1. The number of aliphatic imine (C=N–C) groups is 1. The summed E-state index contributed by atoms with van der Waals surface area (Å²) in [4.78, 5) is 7.72. The molecule has 1 aromatic rings. The van der Waals surface area contributed by atoms with Crippen molar-refractivity contribution in [2.24, 2.45) is 10.7 Å². The Morgan fingerprint density at radius 3 is 2.86 bits per heavy atom. The maximum absolute atomic E-state index is 6.94. The van der Waals surface area contributed by atoms with Gasteiger partial charge in [-0.1, -0.05) is 23.2 Å². The normalized spacial score (nSPS) is 10.7. The minimum absolute atomic E-state index is 0.000653. The summed E-state index contributed by atoms with van der Waals surface area (Å²) in [6.07, 6.45) is 1.51. The molecular weight excluding hydrogens is 223 g/mol. The fraction of sp³-hybridized carbons (Fsp3) is 0.125. The standard InChI is InChI=1S/C8H8Cl2N4/c9-6-2-1-5(8(10)14-6)3-13-4-7(11)12/h1-3H,4H2,(H3,11,12). The molecule has 0 unspecified atom stereocenters. The number of amidine groups is 1. The van der Waals surface area contributed by atoms with Crippen molar-refractivity contribution in [2.75, 3.05) is 6.54 Å². The van der Waals surface area contributed by atoms with Gasteiger partial charge in [0.1, 0.15) is 16.1 Å². The predicted molar refractivity (Wildman–Crippen MR) is 58.6 cm³/mol. The molecule has 0 fully saturated rings. The van der Waals surface area contributed by atoms with E-state index in [4.69, 9.17) is 34.3 Å². The molecular formula is C8H8Cl2N4. The summed E-state index contributed by atoms with van der Waals surface area (Å²) in [6, 6.07) is 3.31. The maximum Gasteiger partial charge on any atom is 0.139 e. The van der Waals surface area contributed by atoms with E-state index in [1.165, 1.54) is 6.21 Å². The molecule has 0 bridgehead atoms. The number of hydrogen-bond donors (Lipinski definition) is 2. The third-order valence-corrected chi connectivity index (χ3v) is 1.85. The lowest BCUT2D eigenvalue weighted by Crippen LogP contribution is -2.13. The number of pyridine rings is 1. The molecule has 0 aliphatic carbocycles. The van der Waals surface area contributed by atoms with Gasteiger partial charge in [0.25, 0.3) is 0 Å². The van der Waals surface area contributed by atoms with Crippen molar-refractivity contribution in [3.63, 3.8) is 0 Å². The number of halogens is 2. The molecule has 1 aromatic heterocycles. The van der Waals surface area contributed by atoms with E-state index >= 15 is 0 Å². The second-order valence-corrected chi connectivity index (χ2v) is 3.25. The third kappa shape index (κ3) is 3.32. The van der Waals surface area contributed by atoms with Gasteiger partial charge in [-0.15, -0.1) is 0 Å². The van der Waals surface area contributed by atoms with Gasteiger partial charge in [-0.05, 0) is 12.1 Å². The highest BCUT2D eigenvalue weighted by molar-refractivity contribution is 6.34. The minimum atomic E-state index is -0.000653. The summed E-state index contributed by atoms with van der Waals surface area (Å²) in [7, 11) is 0. The van der Waals surface area contributed by atoms with E-state index in [-0.39, 0.29) is 17.5 Å². The van der Waals surface area contributed by atoms with Crippen molar-refractivity contribution < 1.29 is 0 Å². The van der Waals surface area contributed by atoms with Crippen LogP contribution in [0.3, 0.4) is 0 Å². The second-order valence-electron chi connectivity index (χ2n) is 2.51. The van der Waals surface area contributed by atoms with Gasteiger partial charge in [0.15, 0.2) is 0 Å². The third-order valence-electron chi connectivity index (χ3n) is 1.34. The van der Waals surface area contributed by atoms with Gasteiger partial charge in [0.2, 0.25) is 0 Å². The molecule has 14 heavy (non-hydrogen) atoms. The fourth-order valence-corrected chi connectivity index (χ4v) is 1.16. The number of rotatable bonds is 3. The van der Waals surface area contributed by atoms with E-state index in [0.717, 1.165) is 0 Å². The van der Waals surface area contributed by atoms with Gasteiger partial charge in [-0.25, -0.2) is 4.98 Å². The van der Waals surface area contributed by atoms with Crippen molar-refractivity contribution in [3.05, 3.63) is 28.0 Å². The molecule has 6 heteroatoms. The van der Waals surface area contributed by atoms with E-state index in [1.54, 1.807) is 12.1 Å². The van der Waals surface area contributed by atoms with Crippen LogP contribution in [-0.4, -0.2) is 23.6 Å². The molecule has 74 valence electrons. The van der Waals surface area contributed by atoms with Crippen molar-refractivity contribution >= 4 is 35.3 Å². The Bertz CT molecular complexity index is 376. The zero-order valence-corrected chi connectivity index (χ0v) is 8.68. The Labute approximate surface area is 91.3 Å². The molecule has 0 amide bonds. The van der Waals surface area contributed by atoms with E-state index in [1.807, 2.05) is 0 Å². The molecule has 0 spiro atoms. The van der Waals surface area contributed by atoms with Crippen molar-refractivity contribution in [3.8, 4) is 0 Å². The van der Waals surface area contributed by atoms with Gasteiger partial charge in [0.05, 0.1) is 6.54 Å². The summed E-state index contributed by atoms with van der Waals surface area (Å²) in [6.45, 7) is 0.152. The minimum Gasteiger partial charge on any atom is -0.386 e. The average molecular weight is 231 g/mol.